The Morgan fingerprint density at radius 2 is 1.97 bits per heavy atom. The lowest BCUT2D eigenvalue weighted by molar-refractivity contribution is -0.141. The normalized spacial score (nSPS) is 20.9. The van der Waals surface area contributed by atoms with Gasteiger partial charge in [0.2, 0.25) is 5.91 Å². The number of H-pyrrole nitrogens is 1. The highest BCUT2D eigenvalue weighted by atomic mass is 32.1. The summed E-state index contributed by atoms with van der Waals surface area (Å²) < 4.78 is 1.13. The number of anilines is 2. The Balaban J connectivity index is 1.15. The molecule has 0 bridgehead atoms. The summed E-state index contributed by atoms with van der Waals surface area (Å²) in [4.78, 5) is 34.8. The molecule has 5 heterocycles. The van der Waals surface area contributed by atoms with Crippen LogP contribution in [0.25, 0.3) is 26.8 Å². The number of thiazole rings is 1. The molecule has 39 heavy (non-hydrogen) atoms. The minimum atomic E-state index is -0.429. The molecule has 1 fully saturated rings. The quantitative estimate of drug-likeness (QED) is 0.325. The van der Waals surface area contributed by atoms with Gasteiger partial charge in [-0.2, -0.15) is 0 Å². The van der Waals surface area contributed by atoms with Crippen molar-refractivity contribution in [2.75, 3.05) is 38.0 Å². The van der Waals surface area contributed by atoms with E-state index < -0.39 is 5.41 Å². The van der Waals surface area contributed by atoms with E-state index in [0.717, 1.165) is 64.5 Å². The molecule has 4 aromatic rings. The van der Waals surface area contributed by atoms with Crippen molar-refractivity contribution in [3.63, 3.8) is 0 Å². The topological polar surface area (TPSA) is 102 Å². The first kappa shape index (κ1) is 25.9. The molecule has 204 valence electrons. The smallest absolute Gasteiger partial charge is 0.229 e. The maximum absolute atomic E-state index is 13.5. The number of carbonyl (C=O) groups is 1. The van der Waals surface area contributed by atoms with E-state index in [2.05, 4.69) is 81.4 Å². The van der Waals surface area contributed by atoms with E-state index in [9.17, 15) is 4.79 Å². The third-order valence-electron chi connectivity index (χ3n) is 7.69. The van der Waals surface area contributed by atoms with Gasteiger partial charge in [0, 0.05) is 56.2 Å². The highest BCUT2D eigenvalue weighted by Gasteiger charge is 2.36. The monoisotopic (exact) mass is 544 g/mol. The molecule has 6 rings (SSSR count). The molecule has 1 amide bonds. The van der Waals surface area contributed by atoms with Crippen molar-refractivity contribution in [3.05, 3.63) is 47.9 Å². The number of aromatic nitrogens is 4. The van der Waals surface area contributed by atoms with Gasteiger partial charge < -0.3 is 20.5 Å². The van der Waals surface area contributed by atoms with Gasteiger partial charge in [-0.15, -0.1) is 11.3 Å². The summed E-state index contributed by atoms with van der Waals surface area (Å²) >= 11 is 1.62. The van der Waals surface area contributed by atoms with Gasteiger partial charge in [0.1, 0.15) is 17.8 Å². The van der Waals surface area contributed by atoms with E-state index in [1.54, 1.807) is 17.7 Å². The molecule has 9 nitrogen and oxygen atoms in total. The zero-order valence-electron chi connectivity index (χ0n) is 23.0. The van der Waals surface area contributed by atoms with Gasteiger partial charge in [0.15, 0.2) is 0 Å². The van der Waals surface area contributed by atoms with E-state index in [0.29, 0.717) is 25.2 Å². The molecule has 0 saturated carbocycles. The van der Waals surface area contributed by atoms with Crippen LogP contribution in [0.1, 0.15) is 39.8 Å². The lowest BCUT2D eigenvalue weighted by Crippen LogP contribution is -2.57. The number of aromatic amines is 1. The van der Waals surface area contributed by atoms with Gasteiger partial charge in [-0.25, -0.2) is 15.0 Å². The Morgan fingerprint density at radius 3 is 2.74 bits per heavy atom. The Morgan fingerprint density at radius 1 is 1.15 bits per heavy atom. The average molecular weight is 545 g/mol. The van der Waals surface area contributed by atoms with Gasteiger partial charge in [0.05, 0.1) is 26.5 Å². The lowest BCUT2D eigenvalue weighted by Gasteiger charge is -2.41. The summed E-state index contributed by atoms with van der Waals surface area (Å²) in [6.07, 6.45) is 4.55. The minimum absolute atomic E-state index is 0.226. The summed E-state index contributed by atoms with van der Waals surface area (Å²) in [6.45, 7) is 12.7. The van der Waals surface area contributed by atoms with E-state index in [4.69, 9.17) is 0 Å². The van der Waals surface area contributed by atoms with Gasteiger partial charge in [0.25, 0.3) is 0 Å². The Labute approximate surface area is 232 Å². The largest absolute Gasteiger partial charge is 0.340 e. The number of nitrogens with zero attached hydrogens (tertiary/aromatic N) is 5. The second-order valence-electron chi connectivity index (χ2n) is 11.6. The second-order valence-corrected chi connectivity index (χ2v) is 12.5. The Kier molecular flexibility index (Phi) is 6.86. The number of benzene rings is 1. The first-order chi connectivity index (χ1) is 18.7. The highest BCUT2D eigenvalue weighted by Crippen LogP contribution is 2.31. The fourth-order valence-corrected chi connectivity index (χ4v) is 6.72. The number of amides is 1. The summed E-state index contributed by atoms with van der Waals surface area (Å²) in [7, 11) is 0. The van der Waals surface area contributed by atoms with Crippen LogP contribution < -0.4 is 10.6 Å². The van der Waals surface area contributed by atoms with Gasteiger partial charge in [-0.3, -0.25) is 9.69 Å². The maximum atomic E-state index is 13.5. The first-order valence-electron chi connectivity index (χ1n) is 13.7. The van der Waals surface area contributed by atoms with Crippen LogP contribution in [0.4, 0.5) is 11.5 Å². The van der Waals surface area contributed by atoms with E-state index >= 15 is 0 Å². The molecule has 2 aliphatic rings. The van der Waals surface area contributed by atoms with E-state index in [-0.39, 0.29) is 5.91 Å². The Hall–Kier alpha value is -3.34. The molecule has 2 atom stereocenters. The lowest BCUT2D eigenvalue weighted by atomic mass is 9.89. The minimum Gasteiger partial charge on any atom is -0.340 e. The molecule has 3 aromatic heterocycles. The number of carbonyl (C=O) groups excluding carboxylic acids is 1. The molecule has 1 saturated heterocycles. The van der Waals surface area contributed by atoms with Crippen LogP contribution in [0.2, 0.25) is 0 Å². The van der Waals surface area contributed by atoms with Crippen molar-refractivity contribution < 1.29 is 4.79 Å². The van der Waals surface area contributed by atoms with Crippen LogP contribution in [-0.2, 0) is 4.79 Å². The maximum Gasteiger partial charge on any atom is 0.229 e. The zero-order chi connectivity index (χ0) is 27.1. The van der Waals surface area contributed by atoms with Gasteiger partial charge in [-0.05, 0) is 64.0 Å². The number of hydrogen-bond donors (Lipinski definition) is 3. The summed E-state index contributed by atoms with van der Waals surface area (Å²) in [5.74, 6) is 0.987. The summed E-state index contributed by atoms with van der Waals surface area (Å²) in [5, 5.41) is 7.97. The predicted molar refractivity (Wildman–Crippen MR) is 158 cm³/mol. The van der Waals surface area contributed by atoms with Crippen molar-refractivity contribution in [3.8, 4) is 0 Å². The predicted octanol–water partition coefficient (Wildman–Crippen LogP) is 4.64. The van der Waals surface area contributed by atoms with Crippen LogP contribution in [0, 0.1) is 5.41 Å². The van der Waals surface area contributed by atoms with Gasteiger partial charge in [-0.1, -0.05) is 6.08 Å². The number of nitrogens with one attached hydrogen (secondary N) is 3. The van der Waals surface area contributed by atoms with Crippen LogP contribution in [0.5, 0.6) is 0 Å². The SMILES string of the molecule is CC1CN(CC(C)(C)C(=O)N2CC=C(c3cc4c(Nc5ccc6ncsc6c5)ncnc4[nH]3)CC2)CC(C)N1. The second kappa shape index (κ2) is 10.3. The fraction of sp³-hybridized carbons (Fsp3) is 0.448. The van der Waals surface area contributed by atoms with Crippen molar-refractivity contribution in [1.29, 1.82) is 0 Å². The molecule has 1 aromatic carbocycles. The Bertz CT molecular complexity index is 1530. The first-order valence-corrected chi connectivity index (χ1v) is 14.5. The van der Waals surface area contributed by atoms with Crippen molar-refractivity contribution >= 4 is 55.6 Å². The molecular formula is C29H36N8OS. The third kappa shape index (κ3) is 5.41. The molecule has 10 heteroatoms. The summed E-state index contributed by atoms with van der Waals surface area (Å²) in [6, 6.07) is 9.13. The van der Waals surface area contributed by atoms with Crippen molar-refractivity contribution in [1.82, 2.24) is 35.1 Å². The van der Waals surface area contributed by atoms with Crippen LogP contribution in [0.3, 0.4) is 0 Å². The molecule has 2 aliphatic heterocycles. The van der Waals surface area contributed by atoms with Crippen LogP contribution >= 0.6 is 11.3 Å². The average Bonchev–Trinajstić information content (AvgIpc) is 3.55. The molecular weight excluding hydrogens is 508 g/mol. The number of hydrogen-bond acceptors (Lipinski definition) is 8. The molecule has 0 spiro atoms. The van der Waals surface area contributed by atoms with E-state index in [1.165, 1.54) is 5.57 Å². The number of fused-ring (bicyclic) bond motifs is 2. The number of piperazine rings is 1. The number of rotatable bonds is 6. The highest BCUT2D eigenvalue weighted by molar-refractivity contribution is 7.16. The van der Waals surface area contributed by atoms with E-state index in [1.807, 2.05) is 22.5 Å². The standard InChI is InChI=1S/C29H36N8OS/c1-18-13-36(14-19(2)33-18)15-29(3,4)28(38)37-9-7-20(8-10-37)24-12-22-26(30-16-31-27(22)35-24)34-21-5-6-23-25(11-21)39-17-32-23/h5-7,11-12,16-19,33H,8-10,13-15H2,1-4H3,(H2,30,31,34,35). The third-order valence-corrected chi connectivity index (χ3v) is 8.48. The molecule has 3 N–H and O–H groups in total. The van der Waals surface area contributed by atoms with Crippen molar-refractivity contribution in [2.45, 2.75) is 46.2 Å². The molecule has 2 unspecified atom stereocenters. The van der Waals surface area contributed by atoms with Crippen LogP contribution in [-0.4, -0.2) is 80.5 Å². The van der Waals surface area contributed by atoms with Gasteiger partial charge >= 0.3 is 0 Å². The molecule has 0 aliphatic carbocycles. The van der Waals surface area contributed by atoms with Crippen molar-refractivity contribution in [2.24, 2.45) is 5.41 Å². The zero-order valence-corrected chi connectivity index (χ0v) is 23.8. The fourth-order valence-electron chi connectivity index (χ4n) is 6.00. The molecule has 0 radical (unpaired) electrons. The summed E-state index contributed by atoms with van der Waals surface area (Å²) in [5.41, 5.74) is 6.42. The van der Waals surface area contributed by atoms with Crippen LogP contribution in [0.15, 0.2) is 42.2 Å².